The number of ether oxygens (including phenoxy) is 1. The fourth-order valence-corrected chi connectivity index (χ4v) is 2.13. The highest BCUT2D eigenvalue weighted by atomic mass is 16.5. The van der Waals surface area contributed by atoms with Gasteiger partial charge in [0.25, 0.3) is 0 Å². The van der Waals surface area contributed by atoms with Crippen LogP contribution >= 0.6 is 0 Å². The normalized spacial score (nSPS) is 12.1. The smallest absolute Gasteiger partial charge is 0.306 e. The SMILES string of the molecule is CC(=O)OCCCCCCCCCCCC(C)C(=O)O. The quantitative estimate of drug-likeness (QED) is 0.407. The number of unbranched alkanes of at least 4 members (excludes halogenated alkanes) is 8. The van der Waals surface area contributed by atoms with E-state index in [1.165, 1.54) is 39.0 Å². The number of carboxylic acids is 1. The highest BCUT2D eigenvalue weighted by Gasteiger charge is 2.09. The first-order valence-electron chi connectivity index (χ1n) is 7.90. The molecule has 0 aromatic carbocycles. The van der Waals surface area contributed by atoms with E-state index >= 15 is 0 Å². The molecule has 0 aliphatic heterocycles. The summed E-state index contributed by atoms with van der Waals surface area (Å²) in [5.74, 6) is -1.08. The molecule has 20 heavy (non-hydrogen) atoms. The van der Waals surface area contributed by atoms with Crippen molar-refractivity contribution in [1.29, 1.82) is 0 Å². The van der Waals surface area contributed by atoms with Crippen molar-refractivity contribution in [1.82, 2.24) is 0 Å². The summed E-state index contributed by atoms with van der Waals surface area (Å²) < 4.78 is 4.87. The third-order valence-electron chi connectivity index (χ3n) is 3.51. The van der Waals surface area contributed by atoms with Crippen LogP contribution < -0.4 is 0 Å². The Kier molecular flexibility index (Phi) is 12.3. The predicted molar refractivity (Wildman–Crippen MR) is 79.6 cm³/mol. The molecule has 0 amide bonds. The number of hydrogen-bond donors (Lipinski definition) is 1. The summed E-state index contributed by atoms with van der Waals surface area (Å²) in [4.78, 5) is 21.2. The zero-order valence-corrected chi connectivity index (χ0v) is 13.0. The second-order valence-corrected chi connectivity index (χ2v) is 5.55. The maximum atomic E-state index is 10.6. The van der Waals surface area contributed by atoms with Crippen molar-refractivity contribution >= 4 is 11.9 Å². The van der Waals surface area contributed by atoms with E-state index in [0.29, 0.717) is 6.61 Å². The second kappa shape index (κ2) is 12.9. The summed E-state index contributed by atoms with van der Waals surface area (Å²) in [5.41, 5.74) is 0. The number of aliphatic carboxylic acids is 1. The molecule has 0 aromatic rings. The molecule has 4 nitrogen and oxygen atoms in total. The topological polar surface area (TPSA) is 63.6 Å². The van der Waals surface area contributed by atoms with Gasteiger partial charge in [-0.25, -0.2) is 0 Å². The molecule has 0 aliphatic rings. The van der Waals surface area contributed by atoms with Crippen molar-refractivity contribution in [3.8, 4) is 0 Å². The summed E-state index contributed by atoms with van der Waals surface area (Å²) in [6, 6.07) is 0. The van der Waals surface area contributed by atoms with E-state index in [2.05, 4.69) is 0 Å². The van der Waals surface area contributed by atoms with Crippen LogP contribution in [0.25, 0.3) is 0 Å². The van der Waals surface area contributed by atoms with Crippen molar-refractivity contribution < 1.29 is 19.4 Å². The zero-order chi connectivity index (χ0) is 15.2. The van der Waals surface area contributed by atoms with Gasteiger partial charge >= 0.3 is 11.9 Å². The molecule has 0 bridgehead atoms. The standard InChI is InChI=1S/C16H30O4/c1-14(16(18)19)12-10-8-6-4-3-5-7-9-11-13-20-15(2)17/h14H,3-13H2,1-2H3,(H,18,19). The van der Waals surface area contributed by atoms with Gasteiger partial charge in [0.05, 0.1) is 12.5 Å². The third-order valence-corrected chi connectivity index (χ3v) is 3.51. The molecule has 1 unspecified atom stereocenters. The average Bonchev–Trinajstić information content (AvgIpc) is 2.39. The third kappa shape index (κ3) is 13.4. The van der Waals surface area contributed by atoms with Crippen LogP contribution in [-0.4, -0.2) is 23.7 Å². The summed E-state index contributed by atoms with van der Waals surface area (Å²) in [5, 5.41) is 8.75. The van der Waals surface area contributed by atoms with Crippen LogP contribution in [0.2, 0.25) is 0 Å². The molecular weight excluding hydrogens is 256 g/mol. The van der Waals surface area contributed by atoms with E-state index in [1.54, 1.807) is 6.92 Å². The highest BCUT2D eigenvalue weighted by molar-refractivity contribution is 5.69. The van der Waals surface area contributed by atoms with Crippen LogP contribution in [0, 0.1) is 5.92 Å². The number of esters is 1. The number of rotatable bonds is 13. The van der Waals surface area contributed by atoms with E-state index in [9.17, 15) is 9.59 Å². The van der Waals surface area contributed by atoms with E-state index in [4.69, 9.17) is 9.84 Å². The van der Waals surface area contributed by atoms with E-state index < -0.39 is 5.97 Å². The molecule has 1 N–H and O–H groups in total. The molecular formula is C16H30O4. The molecule has 0 aromatic heterocycles. The van der Waals surface area contributed by atoms with Crippen LogP contribution in [0.4, 0.5) is 0 Å². The van der Waals surface area contributed by atoms with Crippen molar-refractivity contribution in [2.75, 3.05) is 6.61 Å². The predicted octanol–water partition coefficient (Wildman–Crippen LogP) is 4.17. The van der Waals surface area contributed by atoms with Crippen molar-refractivity contribution in [3.63, 3.8) is 0 Å². The fourth-order valence-electron chi connectivity index (χ4n) is 2.13. The Morgan fingerprint density at radius 3 is 1.80 bits per heavy atom. The number of hydrogen-bond acceptors (Lipinski definition) is 3. The minimum absolute atomic E-state index is 0.192. The molecule has 0 saturated carbocycles. The lowest BCUT2D eigenvalue weighted by atomic mass is 10.0. The Labute approximate surface area is 122 Å². The molecule has 0 spiro atoms. The second-order valence-electron chi connectivity index (χ2n) is 5.55. The Morgan fingerprint density at radius 2 is 1.35 bits per heavy atom. The number of carbonyl (C=O) groups is 2. The first kappa shape index (κ1) is 18.9. The molecule has 118 valence electrons. The Bertz CT molecular complexity index is 263. The lowest BCUT2D eigenvalue weighted by molar-refractivity contribution is -0.142. The molecule has 0 rings (SSSR count). The minimum Gasteiger partial charge on any atom is -0.481 e. The Balaban J connectivity index is 3.10. The van der Waals surface area contributed by atoms with Gasteiger partial charge in [0.1, 0.15) is 0 Å². The van der Waals surface area contributed by atoms with E-state index in [0.717, 1.165) is 32.1 Å². The monoisotopic (exact) mass is 286 g/mol. The first-order valence-corrected chi connectivity index (χ1v) is 7.90. The van der Waals surface area contributed by atoms with Gasteiger partial charge in [0, 0.05) is 6.92 Å². The first-order chi connectivity index (χ1) is 9.54. The molecule has 0 saturated heterocycles. The van der Waals surface area contributed by atoms with Crippen LogP contribution in [0.1, 0.15) is 78.1 Å². The summed E-state index contributed by atoms with van der Waals surface area (Å²) in [6.45, 7) is 3.77. The van der Waals surface area contributed by atoms with Crippen LogP contribution in [0.5, 0.6) is 0 Å². The maximum absolute atomic E-state index is 10.6. The van der Waals surface area contributed by atoms with Gasteiger partial charge in [-0.1, -0.05) is 58.3 Å². The number of carbonyl (C=O) groups excluding carboxylic acids is 1. The summed E-state index contributed by atoms with van der Waals surface area (Å²) in [6.07, 6.45) is 11.2. The largest absolute Gasteiger partial charge is 0.481 e. The van der Waals surface area contributed by atoms with Crippen LogP contribution in [-0.2, 0) is 14.3 Å². The molecule has 0 heterocycles. The Hall–Kier alpha value is -1.06. The number of carboxylic acid groups (broad SMARTS) is 1. The van der Waals surface area contributed by atoms with Gasteiger partial charge < -0.3 is 9.84 Å². The highest BCUT2D eigenvalue weighted by Crippen LogP contribution is 2.13. The summed E-state index contributed by atoms with van der Waals surface area (Å²) in [7, 11) is 0. The molecule has 0 fully saturated rings. The maximum Gasteiger partial charge on any atom is 0.306 e. The molecule has 0 radical (unpaired) electrons. The van der Waals surface area contributed by atoms with Crippen LogP contribution in [0.15, 0.2) is 0 Å². The zero-order valence-electron chi connectivity index (χ0n) is 13.0. The average molecular weight is 286 g/mol. The van der Waals surface area contributed by atoms with Crippen molar-refractivity contribution in [2.45, 2.75) is 78.1 Å². The van der Waals surface area contributed by atoms with E-state index in [1.807, 2.05) is 0 Å². The minimum atomic E-state index is -0.682. The van der Waals surface area contributed by atoms with Crippen LogP contribution in [0.3, 0.4) is 0 Å². The van der Waals surface area contributed by atoms with Gasteiger partial charge in [-0.3, -0.25) is 9.59 Å². The van der Waals surface area contributed by atoms with Gasteiger partial charge in [0.2, 0.25) is 0 Å². The van der Waals surface area contributed by atoms with Crippen molar-refractivity contribution in [2.24, 2.45) is 5.92 Å². The molecule has 4 heteroatoms. The van der Waals surface area contributed by atoms with Gasteiger partial charge in [0.15, 0.2) is 0 Å². The van der Waals surface area contributed by atoms with E-state index in [-0.39, 0.29) is 11.9 Å². The lowest BCUT2D eigenvalue weighted by Crippen LogP contribution is -2.08. The van der Waals surface area contributed by atoms with Gasteiger partial charge in [-0.15, -0.1) is 0 Å². The molecule has 0 aliphatic carbocycles. The lowest BCUT2D eigenvalue weighted by Gasteiger charge is -2.05. The Morgan fingerprint density at radius 1 is 0.900 bits per heavy atom. The fraction of sp³-hybridized carbons (Fsp3) is 0.875. The summed E-state index contributed by atoms with van der Waals surface area (Å²) >= 11 is 0. The van der Waals surface area contributed by atoms with Gasteiger partial charge in [-0.05, 0) is 12.8 Å². The van der Waals surface area contributed by atoms with Gasteiger partial charge in [-0.2, -0.15) is 0 Å². The van der Waals surface area contributed by atoms with Crippen molar-refractivity contribution in [3.05, 3.63) is 0 Å². The molecule has 1 atom stereocenters.